The first kappa shape index (κ1) is 13.0. The van der Waals surface area contributed by atoms with Crippen LogP contribution in [0.1, 0.15) is 31.0 Å². The van der Waals surface area contributed by atoms with Crippen molar-refractivity contribution < 1.29 is 4.79 Å². The third-order valence-corrected chi connectivity index (χ3v) is 4.06. The molecule has 0 bridgehead atoms. The Bertz CT molecular complexity index is 476. The lowest BCUT2D eigenvalue weighted by Crippen LogP contribution is -2.55. The van der Waals surface area contributed by atoms with Crippen LogP contribution >= 0.6 is 12.2 Å². The number of aromatic amines is 1. The van der Waals surface area contributed by atoms with Crippen molar-refractivity contribution in [2.24, 2.45) is 17.1 Å². The van der Waals surface area contributed by atoms with Crippen LogP contribution in [-0.2, 0) is 11.3 Å². The average molecular weight is 266 g/mol. The van der Waals surface area contributed by atoms with Crippen molar-refractivity contribution in [1.29, 1.82) is 0 Å². The quantitative estimate of drug-likeness (QED) is 0.711. The molecule has 0 saturated heterocycles. The van der Waals surface area contributed by atoms with Gasteiger partial charge in [0.2, 0.25) is 5.91 Å². The molecule has 2 rings (SSSR count). The molecule has 1 aliphatic carbocycles. The van der Waals surface area contributed by atoms with Crippen LogP contribution in [0.5, 0.6) is 0 Å². The van der Waals surface area contributed by atoms with Gasteiger partial charge in [-0.2, -0.15) is 5.10 Å². The molecule has 0 radical (unpaired) electrons. The molecule has 0 spiro atoms. The average Bonchev–Trinajstić information content (AvgIpc) is 2.66. The molecule has 1 aromatic rings. The van der Waals surface area contributed by atoms with E-state index in [2.05, 4.69) is 22.4 Å². The Morgan fingerprint density at radius 3 is 2.83 bits per heavy atom. The molecule has 5 nitrogen and oxygen atoms in total. The van der Waals surface area contributed by atoms with Gasteiger partial charge < -0.3 is 11.1 Å². The number of nitrogens with two attached hydrogens (primary N) is 1. The second kappa shape index (κ2) is 4.68. The number of aromatic nitrogens is 2. The van der Waals surface area contributed by atoms with Gasteiger partial charge in [0, 0.05) is 17.8 Å². The molecule has 4 N–H and O–H groups in total. The normalized spacial score (nSPS) is 26.4. The van der Waals surface area contributed by atoms with Crippen molar-refractivity contribution in [3.05, 3.63) is 17.5 Å². The first-order valence-electron chi connectivity index (χ1n) is 6.03. The predicted octanol–water partition coefficient (Wildman–Crippen LogP) is 1.04. The van der Waals surface area contributed by atoms with Gasteiger partial charge >= 0.3 is 0 Å². The van der Waals surface area contributed by atoms with Gasteiger partial charge in [-0.3, -0.25) is 9.89 Å². The SMILES string of the molecule is Cc1[nH]ncc1CNC(=O)C1(C(N)=S)CC(C)C1. The summed E-state index contributed by atoms with van der Waals surface area (Å²) in [5, 5.41) is 9.66. The fraction of sp³-hybridized carbons (Fsp3) is 0.583. The molecule has 98 valence electrons. The fourth-order valence-electron chi connectivity index (χ4n) is 2.53. The summed E-state index contributed by atoms with van der Waals surface area (Å²) >= 11 is 5.05. The molecule has 6 heteroatoms. The van der Waals surface area contributed by atoms with Crippen molar-refractivity contribution in [2.45, 2.75) is 33.2 Å². The van der Waals surface area contributed by atoms with Crippen LogP contribution in [0.2, 0.25) is 0 Å². The summed E-state index contributed by atoms with van der Waals surface area (Å²) in [5.74, 6) is 0.446. The monoisotopic (exact) mass is 266 g/mol. The predicted molar refractivity (Wildman–Crippen MR) is 72.8 cm³/mol. The van der Waals surface area contributed by atoms with Crippen LogP contribution in [0.4, 0.5) is 0 Å². The van der Waals surface area contributed by atoms with Gasteiger partial charge in [-0.15, -0.1) is 0 Å². The Balaban J connectivity index is 1.99. The number of rotatable bonds is 4. The summed E-state index contributed by atoms with van der Waals surface area (Å²) in [4.78, 5) is 12.5. The maximum atomic E-state index is 12.2. The topological polar surface area (TPSA) is 83.8 Å². The van der Waals surface area contributed by atoms with E-state index in [-0.39, 0.29) is 5.91 Å². The van der Waals surface area contributed by atoms with E-state index < -0.39 is 5.41 Å². The highest BCUT2D eigenvalue weighted by Crippen LogP contribution is 2.45. The van der Waals surface area contributed by atoms with Crippen LogP contribution in [-0.4, -0.2) is 21.1 Å². The number of nitrogens with one attached hydrogen (secondary N) is 2. The zero-order valence-electron chi connectivity index (χ0n) is 10.6. The summed E-state index contributed by atoms with van der Waals surface area (Å²) in [6.07, 6.45) is 3.21. The van der Waals surface area contributed by atoms with Crippen molar-refractivity contribution in [3.8, 4) is 0 Å². The number of carbonyl (C=O) groups is 1. The second-order valence-electron chi connectivity index (χ2n) is 5.16. The van der Waals surface area contributed by atoms with Gasteiger partial charge in [0.25, 0.3) is 0 Å². The maximum absolute atomic E-state index is 12.2. The molecule has 1 aromatic heterocycles. The Morgan fingerprint density at radius 1 is 1.72 bits per heavy atom. The molecule has 1 aliphatic rings. The zero-order chi connectivity index (χ0) is 13.3. The highest BCUT2D eigenvalue weighted by Gasteiger charge is 2.50. The maximum Gasteiger partial charge on any atom is 0.233 e. The van der Waals surface area contributed by atoms with E-state index in [1.54, 1.807) is 6.20 Å². The third-order valence-electron chi connectivity index (χ3n) is 3.67. The van der Waals surface area contributed by atoms with E-state index in [4.69, 9.17) is 18.0 Å². The summed E-state index contributed by atoms with van der Waals surface area (Å²) in [6, 6.07) is 0. The second-order valence-corrected chi connectivity index (χ2v) is 5.60. The van der Waals surface area contributed by atoms with Crippen molar-refractivity contribution in [3.63, 3.8) is 0 Å². The van der Waals surface area contributed by atoms with Crippen LogP contribution in [0, 0.1) is 18.3 Å². The molecular weight excluding hydrogens is 248 g/mol. The van der Waals surface area contributed by atoms with E-state index in [1.807, 2.05) is 6.92 Å². The molecule has 18 heavy (non-hydrogen) atoms. The first-order valence-corrected chi connectivity index (χ1v) is 6.43. The Labute approximate surface area is 112 Å². The molecule has 0 unspecified atom stereocenters. The van der Waals surface area contributed by atoms with E-state index in [0.717, 1.165) is 24.1 Å². The number of carbonyl (C=O) groups excluding carboxylic acids is 1. The highest BCUT2D eigenvalue weighted by molar-refractivity contribution is 7.80. The van der Waals surface area contributed by atoms with Crippen molar-refractivity contribution in [1.82, 2.24) is 15.5 Å². The zero-order valence-corrected chi connectivity index (χ0v) is 11.4. The van der Waals surface area contributed by atoms with E-state index in [9.17, 15) is 4.79 Å². The summed E-state index contributed by atoms with van der Waals surface area (Å²) < 4.78 is 0. The molecule has 1 heterocycles. The van der Waals surface area contributed by atoms with Gasteiger partial charge in [0.05, 0.1) is 16.6 Å². The van der Waals surface area contributed by atoms with Crippen molar-refractivity contribution >= 4 is 23.1 Å². The standard InChI is InChI=1S/C12H18N4OS/c1-7-3-12(4-7,10(13)18)11(17)14-5-9-6-15-16-8(9)2/h6-7H,3-5H2,1-2H3,(H2,13,18)(H,14,17)(H,15,16). The lowest BCUT2D eigenvalue weighted by Gasteiger charge is -2.44. The number of thiocarbonyl (C=S) groups is 1. The van der Waals surface area contributed by atoms with Gasteiger partial charge in [-0.05, 0) is 25.7 Å². The molecule has 1 saturated carbocycles. The number of amides is 1. The Hall–Kier alpha value is -1.43. The third kappa shape index (κ3) is 2.12. The number of H-pyrrole nitrogens is 1. The first-order chi connectivity index (χ1) is 8.45. The van der Waals surface area contributed by atoms with Crippen LogP contribution in [0.15, 0.2) is 6.20 Å². The summed E-state index contributed by atoms with van der Waals surface area (Å²) in [6.45, 7) is 4.48. The van der Waals surface area contributed by atoms with Gasteiger partial charge in [0.1, 0.15) is 0 Å². The van der Waals surface area contributed by atoms with Gasteiger partial charge in [-0.25, -0.2) is 0 Å². The number of aryl methyl sites for hydroxylation is 1. The van der Waals surface area contributed by atoms with Gasteiger partial charge in [0.15, 0.2) is 0 Å². The van der Waals surface area contributed by atoms with Crippen LogP contribution in [0.3, 0.4) is 0 Å². The fourth-order valence-corrected chi connectivity index (χ4v) is 2.79. The minimum absolute atomic E-state index is 0.0614. The number of nitrogens with zero attached hydrogens (tertiary/aromatic N) is 1. The molecular formula is C12H18N4OS. The molecule has 0 aliphatic heterocycles. The van der Waals surface area contributed by atoms with E-state index in [1.165, 1.54) is 0 Å². The molecule has 1 fully saturated rings. The van der Waals surface area contributed by atoms with E-state index in [0.29, 0.717) is 17.5 Å². The smallest absolute Gasteiger partial charge is 0.233 e. The van der Waals surface area contributed by atoms with Crippen molar-refractivity contribution in [2.75, 3.05) is 0 Å². The Morgan fingerprint density at radius 2 is 2.39 bits per heavy atom. The molecule has 0 aromatic carbocycles. The lowest BCUT2D eigenvalue weighted by molar-refractivity contribution is -0.133. The highest BCUT2D eigenvalue weighted by atomic mass is 32.1. The summed E-state index contributed by atoms with van der Waals surface area (Å²) in [7, 11) is 0. The largest absolute Gasteiger partial charge is 0.392 e. The van der Waals surface area contributed by atoms with E-state index >= 15 is 0 Å². The minimum Gasteiger partial charge on any atom is -0.392 e. The summed E-state index contributed by atoms with van der Waals surface area (Å²) in [5.41, 5.74) is 7.03. The minimum atomic E-state index is -0.633. The van der Waals surface area contributed by atoms with Crippen LogP contribution < -0.4 is 11.1 Å². The molecule has 0 atom stereocenters. The number of hydrogen-bond donors (Lipinski definition) is 3. The van der Waals surface area contributed by atoms with Crippen LogP contribution in [0.25, 0.3) is 0 Å². The van der Waals surface area contributed by atoms with Gasteiger partial charge in [-0.1, -0.05) is 19.1 Å². The Kier molecular flexibility index (Phi) is 3.38. The molecule has 1 amide bonds. The number of hydrogen-bond acceptors (Lipinski definition) is 3. The lowest BCUT2D eigenvalue weighted by atomic mass is 9.62.